The first-order valence-corrected chi connectivity index (χ1v) is 32.6. The van der Waals surface area contributed by atoms with Gasteiger partial charge in [-0.05, 0) is 235 Å². The quantitative estimate of drug-likeness (QED) is 0.0849. The molecule has 0 fully saturated rings. The number of ether oxygens (including phenoxy) is 2. The predicted molar refractivity (Wildman–Crippen MR) is 389 cm³/mol. The van der Waals surface area contributed by atoms with Crippen LogP contribution in [-0.4, -0.2) is 0 Å². The maximum atomic E-state index is 16.7. The number of nitrogens with zero attached hydrogens (tertiary/aromatic N) is 2. The molecule has 0 amide bonds. The van der Waals surface area contributed by atoms with Gasteiger partial charge in [0.15, 0.2) is 0 Å². The van der Waals surface area contributed by atoms with Gasteiger partial charge in [-0.2, -0.15) is 0 Å². The van der Waals surface area contributed by atoms with E-state index in [-0.39, 0.29) is 11.4 Å². The van der Waals surface area contributed by atoms with Crippen molar-refractivity contribution in [2.75, 3.05) is 9.80 Å². The van der Waals surface area contributed by atoms with Crippen LogP contribution in [0.4, 0.5) is 60.5 Å². The molecule has 0 saturated heterocycles. The number of hydrogen-bond acceptors (Lipinski definition) is 4. The average molecular weight is 1310 g/mol. The van der Waals surface area contributed by atoms with Crippen molar-refractivity contribution in [2.45, 2.75) is 10.8 Å². The van der Waals surface area contributed by atoms with E-state index in [1.54, 1.807) is 46.2 Å². The molecule has 2 aliphatic carbocycles. The SMILES string of the molecule is C=Cc1ccc(Oc2ccc(C3(c4ccc(F)cc4)c4ccccc4-c4ccc(N(c5ccc(-c6ccc(N(c7ccc8c(c7)[C@@](c7ccc(F)cc7)(c7ccc(Oc9ccc(C=C)cc9)cc7)c7ccccc7-8)c7ccc(F)cc7F)cc6)cc5)c5ccc(F)cc5F)cc43)cc2)cc1. The minimum absolute atomic E-state index is 0.0942. The Morgan fingerprint density at radius 2 is 0.570 bits per heavy atom. The van der Waals surface area contributed by atoms with Crippen LogP contribution in [0.5, 0.6) is 23.0 Å². The summed E-state index contributed by atoms with van der Waals surface area (Å²) in [4.78, 5) is 3.52. The molecule has 482 valence electrons. The molecule has 14 aromatic carbocycles. The van der Waals surface area contributed by atoms with Crippen molar-refractivity contribution in [2.24, 2.45) is 0 Å². The minimum atomic E-state index is -1.02. The van der Waals surface area contributed by atoms with Crippen LogP contribution >= 0.6 is 0 Å². The molecule has 0 bridgehead atoms. The lowest BCUT2D eigenvalue weighted by Gasteiger charge is -2.35. The highest BCUT2D eigenvalue weighted by molar-refractivity contribution is 5.92. The van der Waals surface area contributed by atoms with Crippen LogP contribution in [0.15, 0.2) is 329 Å². The Hall–Kier alpha value is -12.7. The van der Waals surface area contributed by atoms with Gasteiger partial charge in [-0.25, -0.2) is 26.3 Å². The van der Waals surface area contributed by atoms with Gasteiger partial charge in [0.05, 0.1) is 22.2 Å². The lowest BCUT2D eigenvalue weighted by atomic mass is 9.67. The van der Waals surface area contributed by atoms with Gasteiger partial charge < -0.3 is 19.3 Å². The van der Waals surface area contributed by atoms with Crippen molar-refractivity contribution < 1.29 is 35.8 Å². The Balaban J connectivity index is 0.776. The van der Waals surface area contributed by atoms with Crippen LogP contribution in [-0.2, 0) is 10.8 Å². The highest BCUT2D eigenvalue weighted by atomic mass is 19.2. The summed E-state index contributed by atoms with van der Waals surface area (Å²) in [6.07, 6.45) is 3.54. The first-order chi connectivity index (χ1) is 48.9. The maximum absolute atomic E-state index is 16.7. The molecule has 0 aromatic heterocycles. The third-order valence-electron chi connectivity index (χ3n) is 19.3. The summed E-state index contributed by atoms with van der Waals surface area (Å²) in [5.41, 5.74) is 14.6. The van der Waals surface area contributed by atoms with Gasteiger partial charge in [0.2, 0.25) is 0 Å². The molecule has 1 unspecified atom stereocenters. The van der Waals surface area contributed by atoms with Gasteiger partial charge in [-0.3, -0.25) is 0 Å². The second-order valence-corrected chi connectivity index (χ2v) is 24.8. The zero-order valence-corrected chi connectivity index (χ0v) is 53.6. The molecule has 0 aliphatic heterocycles. The molecular formula is C90H58F6N2O2. The zero-order chi connectivity index (χ0) is 68.2. The number of fused-ring (bicyclic) bond motifs is 6. The largest absolute Gasteiger partial charge is 0.457 e. The van der Waals surface area contributed by atoms with Crippen LogP contribution < -0.4 is 19.3 Å². The summed E-state index contributed by atoms with van der Waals surface area (Å²) in [7, 11) is 0. The van der Waals surface area contributed by atoms with Crippen molar-refractivity contribution in [1.82, 2.24) is 0 Å². The first kappa shape index (κ1) is 62.2. The number of halogens is 6. The van der Waals surface area contributed by atoms with Crippen molar-refractivity contribution >= 4 is 46.3 Å². The normalized spacial score (nSPS) is 14.7. The van der Waals surface area contributed by atoms with Gasteiger partial charge >= 0.3 is 0 Å². The number of benzene rings is 14. The third-order valence-corrected chi connectivity index (χ3v) is 19.3. The predicted octanol–water partition coefficient (Wildman–Crippen LogP) is 24.7. The van der Waals surface area contributed by atoms with Gasteiger partial charge in [0, 0.05) is 34.9 Å². The van der Waals surface area contributed by atoms with E-state index >= 15 is 17.6 Å². The van der Waals surface area contributed by atoms with E-state index in [0.717, 1.165) is 101 Å². The summed E-state index contributed by atoms with van der Waals surface area (Å²) >= 11 is 0. The molecule has 16 rings (SSSR count). The van der Waals surface area contributed by atoms with E-state index in [9.17, 15) is 8.78 Å². The summed E-state index contributed by atoms with van der Waals surface area (Å²) in [5, 5.41) is 0. The fourth-order valence-electron chi connectivity index (χ4n) is 14.7. The van der Waals surface area contributed by atoms with Crippen LogP contribution in [0.25, 0.3) is 45.5 Å². The van der Waals surface area contributed by atoms with E-state index in [2.05, 4.69) is 37.4 Å². The molecule has 0 spiro atoms. The van der Waals surface area contributed by atoms with E-state index < -0.39 is 45.7 Å². The Kier molecular flexibility index (Phi) is 15.8. The molecule has 2 atom stereocenters. The van der Waals surface area contributed by atoms with Crippen LogP contribution in [0.2, 0.25) is 0 Å². The monoisotopic (exact) mass is 1310 g/mol. The summed E-state index contributed by atoms with van der Waals surface area (Å²) in [6, 6.07) is 94.6. The standard InChI is InChI=1S/C90H58F6N2O2/c1-3-57-13-41-73(42-14-57)99-75-45-25-63(26-46-75)89(61-21-29-65(91)30-22-61)81-11-7-5-9-77(81)79-49-39-71(55-83(79)89)97(87-51-33-67(93)53-85(87)95)69-35-17-59(18-36-69)60-19-37-70(38-20-60)98(88-52-34-68(94)54-86(88)96)72-40-50-80-78-10-6-8-12-82(78)90(84(80)56-72,62-23-31-66(92)32-24-62)64-27-47-76(48-28-64)100-74-43-15-58(4-2)16-44-74/h3-56H,1-2H2/t89-,90?/m0/s1. The second-order valence-electron chi connectivity index (χ2n) is 24.8. The molecule has 2 aliphatic rings. The first-order valence-electron chi connectivity index (χ1n) is 32.6. The van der Waals surface area contributed by atoms with Gasteiger partial charge in [-0.1, -0.05) is 183 Å². The zero-order valence-electron chi connectivity index (χ0n) is 53.6. The summed E-state index contributed by atoms with van der Waals surface area (Å²) < 4.78 is 106. The fourth-order valence-corrected chi connectivity index (χ4v) is 14.7. The molecule has 0 radical (unpaired) electrons. The Morgan fingerprint density at radius 3 is 0.910 bits per heavy atom. The van der Waals surface area contributed by atoms with Gasteiger partial charge in [0.1, 0.15) is 57.9 Å². The molecule has 0 saturated carbocycles. The van der Waals surface area contributed by atoms with Crippen LogP contribution in [0.3, 0.4) is 0 Å². The lowest BCUT2D eigenvalue weighted by Crippen LogP contribution is -2.29. The van der Waals surface area contributed by atoms with E-state index in [1.165, 1.54) is 48.5 Å². The van der Waals surface area contributed by atoms with Crippen LogP contribution in [0, 0.1) is 34.9 Å². The smallest absolute Gasteiger partial charge is 0.150 e. The lowest BCUT2D eigenvalue weighted by molar-refractivity contribution is 0.482. The second kappa shape index (κ2) is 25.4. The number of hydrogen-bond donors (Lipinski definition) is 0. The molecular weight excluding hydrogens is 1250 g/mol. The molecule has 0 N–H and O–H groups in total. The minimum Gasteiger partial charge on any atom is -0.457 e. The number of anilines is 6. The van der Waals surface area contributed by atoms with E-state index in [4.69, 9.17) is 9.47 Å². The van der Waals surface area contributed by atoms with Crippen molar-refractivity contribution in [3.8, 4) is 56.4 Å². The van der Waals surface area contributed by atoms with Crippen LogP contribution in [0.1, 0.15) is 55.6 Å². The topological polar surface area (TPSA) is 24.9 Å². The highest BCUT2D eigenvalue weighted by Gasteiger charge is 2.48. The Labute approximate surface area is 575 Å². The van der Waals surface area contributed by atoms with Gasteiger partial charge in [0.25, 0.3) is 0 Å². The van der Waals surface area contributed by atoms with Crippen molar-refractivity contribution in [1.29, 1.82) is 0 Å². The van der Waals surface area contributed by atoms with Crippen molar-refractivity contribution in [3.05, 3.63) is 419 Å². The third kappa shape index (κ3) is 10.8. The maximum Gasteiger partial charge on any atom is 0.150 e. The summed E-state index contributed by atoms with van der Waals surface area (Å²) in [6.45, 7) is 7.73. The van der Waals surface area contributed by atoms with Gasteiger partial charge in [-0.15, -0.1) is 0 Å². The molecule has 10 heteroatoms. The van der Waals surface area contributed by atoms with Crippen molar-refractivity contribution in [3.63, 3.8) is 0 Å². The Bertz CT molecular complexity index is 5110. The fraction of sp³-hybridized carbons (Fsp3) is 0.0222. The molecule has 14 aromatic rings. The number of rotatable bonds is 17. The molecule has 4 nitrogen and oxygen atoms in total. The average Bonchev–Trinajstić information content (AvgIpc) is 1.54. The molecule has 100 heavy (non-hydrogen) atoms. The Morgan fingerprint density at radius 1 is 0.270 bits per heavy atom. The summed E-state index contributed by atoms with van der Waals surface area (Å²) in [5.74, 6) is -1.30. The van der Waals surface area contributed by atoms with E-state index in [1.807, 2.05) is 206 Å². The van der Waals surface area contributed by atoms with E-state index in [0.29, 0.717) is 45.7 Å². The highest BCUT2D eigenvalue weighted by Crippen LogP contribution is 2.60. The molecule has 0 heterocycles.